The monoisotopic (exact) mass is 371 g/mol. The van der Waals surface area contributed by atoms with Crippen LogP contribution >= 0.6 is 0 Å². The van der Waals surface area contributed by atoms with Gasteiger partial charge >= 0.3 is 0 Å². The number of hydrogen-bond donors (Lipinski definition) is 2. The third-order valence-corrected chi connectivity index (χ3v) is 5.61. The number of rotatable bonds is 4. The van der Waals surface area contributed by atoms with E-state index in [-0.39, 0.29) is 17.9 Å². The van der Waals surface area contributed by atoms with Crippen LogP contribution in [0.1, 0.15) is 6.42 Å². The summed E-state index contributed by atoms with van der Waals surface area (Å²) in [6, 6.07) is 16.1. The number of piperazine rings is 1. The highest BCUT2D eigenvalue weighted by Gasteiger charge is 2.45. The van der Waals surface area contributed by atoms with Crippen molar-refractivity contribution >= 4 is 5.69 Å². The number of ether oxygens (including phenoxy) is 1. The first-order valence-corrected chi connectivity index (χ1v) is 9.52. The first kappa shape index (κ1) is 18.2. The molecule has 0 spiro atoms. The number of anilines is 1. The van der Waals surface area contributed by atoms with E-state index in [4.69, 9.17) is 10.5 Å². The highest BCUT2D eigenvalue weighted by Crippen LogP contribution is 2.29. The zero-order valence-corrected chi connectivity index (χ0v) is 15.2. The molecule has 144 valence electrons. The first-order chi connectivity index (χ1) is 13.1. The van der Waals surface area contributed by atoms with E-state index in [1.807, 2.05) is 18.2 Å². The second-order valence-corrected chi connectivity index (χ2v) is 7.35. The minimum absolute atomic E-state index is 0.138. The number of para-hydroxylation sites is 1. The number of nitrogens with zero attached hydrogens (tertiary/aromatic N) is 2. The summed E-state index contributed by atoms with van der Waals surface area (Å²) in [7, 11) is 0. The van der Waals surface area contributed by atoms with E-state index in [0.29, 0.717) is 12.2 Å². The molecule has 3 N–H and O–H groups in total. The van der Waals surface area contributed by atoms with Gasteiger partial charge in [-0.1, -0.05) is 24.3 Å². The quantitative estimate of drug-likeness (QED) is 0.859. The molecule has 0 radical (unpaired) electrons. The lowest BCUT2D eigenvalue weighted by Gasteiger charge is -2.41. The van der Waals surface area contributed by atoms with Crippen LogP contribution in [-0.4, -0.2) is 60.5 Å². The predicted molar refractivity (Wildman–Crippen MR) is 103 cm³/mol. The maximum absolute atomic E-state index is 13.4. The van der Waals surface area contributed by atoms with Gasteiger partial charge in [-0.3, -0.25) is 4.90 Å². The lowest BCUT2D eigenvalue weighted by atomic mass is 10.1. The smallest absolute Gasteiger partial charge is 0.128 e. The standard InChI is InChI=1S/C21H26FN3O2/c22-15-5-4-8-17(13-15)27-19-14-18(23)20(21(19)26)25-11-9-24(10-12-25)16-6-2-1-3-7-16/h1-8,13,18-21,26H,9-12,14,23H2/t18-,19-,20+,21+/m1/s1. The van der Waals surface area contributed by atoms with Gasteiger partial charge in [-0.25, -0.2) is 4.39 Å². The molecule has 2 aromatic carbocycles. The van der Waals surface area contributed by atoms with Gasteiger partial charge in [0, 0.05) is 50.4 Å². The summed E-state index contributed by atoms with van der Waals surface area (Å²) in [6.07, 6.45) is -0.549. The van der Waals surface area contributed by atoms with Gasteiger partial charge in [0.05, 0.1) is 6.04 Å². The molecule has 1 aliphatic heterocycles. The van der Waals surface area contributed by atoms with Crippen molar-refractivity contribution < 1.29 is 14.2 Å². The summed E-state index contributed by atoms with van der Waals surface area (Å²) in [5.74, 6) is 0.0821. The second-order valence-electron chi connectivity index (χ2n) is 7.35. The molecule has 2 aromatic rings. The van der Waals surface area contributed by atoms with Crippen LogP contribution in [0.3, 0.4) is 0 Å². The molecule has 4 rings (SSSR count). The van der Waals surface area contributed by atoms with Crippen LogP contribution < -0.4 is 15.4 Å². The average molecular weight is 371 g/mol. The molecule has 2 aliphatic rings. The lowest BCUT2D eigenvalue weighted by molar-refractivity contribution is 0.00668. The number of aliphatic hydroxyl groups excluding tert-OH is 1. The third-order valence-electron chi connectivity index (χ3n) is 5.61. The zero-order valence-electron chi connectivity index (χ0n) is 15.2. The molecular weight excluding hydrogens is 345 g/mol. The van der Waals surface area contributed by atoms with Crippen molar-refractivity contribution in [3.05, 3.63) is 60.4 Å². The zero-order chi connectivity index (χ0) is 18.8. The van der Waals surface area contributed by atoms with Gasteiger partial charge in [-0.15, -0.1) is 0 Å². The predicted octanol–water partition coefficient (Wildman–Crippen LogP) is 1.86. The molecule has 4 atom stereocenters. The molecule has 1 saturated heterocycles. The molecule has 6 heteroatoms. The van der Waals surface area contributed by atoms with Gasteiger partial charge < -0.3 is 20.5 Å². The van der Waals surface area contributed by atoms with Crippen LogP contribution in [0.15, 0.2) is 54.6 Å². The van der Waals surface area contributed by atoms with Gasteiger partial charge in [-0.05, 0) is 24.3 Å². The van der Waals surface area contributed by atoms with Crippen molar-refractivity contribution in [1.29, 1.82) is 0 Å². The molecule has 0 amide bonds. The minimum Gasteiger partial charge on any atom is -0.487 e. The van der Waals surface area contributed by atoms with E-state index < -0.39 is 12.2 Å². The van der Waals surface area contributed by atoms with Gasteiger partial charge in [0.1, 0.15) is 23.8 Å². The minimum atomic E-state index is -0.688. The number of nitrogens with two attached hydrogens (primary N) is 1. The van der Waals surface area contributed by atoms with Crippen molar-refractivity contribution in [1.82, 2.24) is 4.90 Å². The van der Waals surface area contributed by atoms with E-state index in [0.717, 1.165) is 26.2 Å². The lowest BCUT2D eigenvalue weighted by Crippen LogP contribution is -2.57. The molecule has 0 aromatic heterocycles. The third kappa shape index (κ3) is 3.93. The molecule has 0 unspecified atom stereocenters. The Hall–Kier alpha value is -2.15. The van der Waals surface area contributed by atoms with Crippen LogP contribution in [0, 0.1) is 5.82 Å². The molecule has 1 heterocycles. The Morgan fingerprint density at radius 1 is 1.00 bits per heavy atom. The van der Waals surface area contributed by atoms with E-state index >= 15 is 0 Å². The number of hydrogen-bond acceptors (Lipinski definition) is 5. The van der Waals surface area contributed by atoms with Crippen molar-refractivity contribution in [2.45, 2.75) is 30.7 Å². The second kappa shape index (κ2) is 7.84. The largest absolute Gasteiger partial charge is 0.487 e. The SMILES string of the molecule is N[C@@H]1C[C@@H](Oc2cccc(F)c2)[C@H](O)[C@H]1N1CCN(c2ccccc2)CC1. The number of benzene rings is 2. The molecule has 27 heavy (non-hydrogen) atoms. The Morgan fingerprint density at radius 2 is 1.74 bits per heavy atom. The molecule has 1 saturated carbocycles. The summed E-state index contributed by atoms with van der Waals surface area (Å²) < 4.78 is 19.2. The molecule has 1 aliphatic carbocycles. The maximum Gasteiger partial charge on any atom is 0.128 e. The molecule has 2 fully saturated rings. The summed E-state index contributed by atoms with van der Waals surface area (Å²) in [5.41, 5.74) is 7.57. The van der Waals surface area contributed by atoms with Crippen molar-refractivity contribution in [2.24, 2.45) is 5.73 Å². The summed E-state index contributed by atoms with van der Waals surface area (Å²) in [6.45, 7) is 3.48. The van der Waals surface area contributed by atoms with Crippen LogP contribution in [0.5, 0.6) is 5.75 Å². The highest BCUT2D eigenvalue weighted by atomic mass is 19.1. The van der Waals surface area contributed by atoms with Crippen molar-refractivity contribution in [3.63, 3.8) is 0 Å². The first-order valence-electron chi connectivity index (χ1n) is 9.52. The summed E-state index contributed by atoms with van der Waals surface area (Å²) in [4.78, 5) is 4.62. The van der Waals surface area contributed by atoms with Crippen LogP contribution in [0.2, 0.25) is 0 Å². The number of aliphatic hydroxyl groups is 1. The van der Waals surface area contributed by atoms with E-state index in [1.54, 1.807) is 12.1 Å². The Kier molecular flexibility index (Phi) is 5.29. The van der Waals surface area contributed by atoms with E-state index in [9.17, 15) is 9.50 Å². The fourth-order valence-electron chi connectivity index (χ4n) is 4.26. The fraction of sp³-hybridized carbons (Fsp3) is 0.429. The average Bonchev–Trinajstić information content (AvgIpc) is 2.96. The summed E-state index contributed by atoms with van der Waals surface area (Å²) in [5, 5.41) is 10.8. The summed E-state index contributed by atoms with van der Waals surface area (Å²) >= 11 is 0. The van der Waals surface area contributed by atoms with Crippen LogP contribution in [0.25, 0.3) is 0 Å². The van der Waals surface area contributed by atoms with Crippen molar-refractivity contribution in [3.8, 4) is 5.75 Å². The normalized spacial score (nSPS) is 29.1. The molecular formula is C21H26FN3O2. The van der Waals surface area contributed by atoms with Crippen LogP contribution in [0.4, 0.5) is 10.1 Å². The van der Waals surface area contributed by atoms with E-state index in [2.05, 4.69) is 21.9 Å². The Bertz CT molecular complexity index is 752. The Morgan fingerprint density at radius 3 is 2.44 bits per heavy atom. The number of halogens is 1. The topological polar surface area (TPSA) is 62.0 Å². The van der Waals surface area contributed by atoms with Gasteiger partial charge in [0.25, 0.3) is 0 Å². The van der Waals surface area contributed by atoms with E-state index in [1.165, 1.54) is 17.8 Å². The van der Waals surface area contributed by atoms with Gasteiger partial charge in [-0.2, -0.15) is 0 Å². The fourth-order valence-corrected chi connectivity index (χ4v) is 4.26. The maximum atomic E-state index is 13.4. The van der Waals surface area contributed by atoms with Gasteiger partial charge in [0.2, 0.25) is 0 Å². The van der Waals surface area contributed by atoms with Crippen LogP contribution in [-0.2, 0) is 0 Å². The van der Waals surface area contributed by atoms with Gasteiger partial charge in [0.15, 0.2) is 0 Å². The Labute approximate surface area is 159 Å². The molecule has 0 bridgehead atoms. The van der Waals surface area contributed by atoms with Crippen molar-refractivity contribution in [2.75, 3.05) is 31.1 Å². The highest BCUT2D eigenvalue weighted by molar-refractivity contribution is 5.46. The Balaban J connectivity index is 1.38. The molecule has 5 nitrogen and oxygen atoms in total.